The highest BCUT2D eigenvalue weighted by molar-refractivity contribution is 6.30. The Bertz CT molecular complexity index is 472. The molecule has 19 heavy (non-hydrogen) atoms. The summed E-state index contributed by atoms with van der Waals surface area (Å²) < 4.78 is 0. The molecule has 1 aliphatic rings. The van der Waals surface area contributed by atoms with Gasteiger partial charge in [-0.3, -0.25) is 9.59 Å². The molecular formula is C13H18ClN3O2. The summed E-state index contributed by atoms with van der Waals surface area (Å²) >= 11 is 5.77. The van der Waals surface area contributed by atoms with E-state index in [1.165, 1.54) is 0 Å². The van der Waals surface area contributed by atoms with Crippen LogP contribution in [-0.2, 0) is 4.79 Å². The molecule has 0 bridgehead atoms. The van der Waals surface area contributed by atoms with Crippen LogP contribution in [0.25, 0.3) is 0 Å². The lowest BCUT2D eigenvalue weighted by molar-refractivity contribution is -0.126. The quantitative estimate of drug-likeness (QED) is 0.790. The zero-order valence-electron chi connectivity index (χ0n) is 10.8. The lowest BCUT2D eigenvalue weighted by Crippen LogP contribution is -2.47. The molecule has 0 aliphatic heterocycles. The molecule has 0 spiro atoms. The Morgan fingerprint density at radius 2 is 2.11 bits per heavy atom. The van der Waals surface area contributed by atoms with Gasteiger partial charge in [-0.05, 0) is 18.9 Å². The van der Waals surface area contributed by atoms with Crippen LogP contribution in [-0.4, -0.2) is 29.9 Å². The minimum absolute atomic E-state index is 0.00508. The number of aromatic nitrogens is 1. The molecule has 3 N–H and O–H groups in total. The van der Waals surface area contributed by atoms with Crippen LogP contribution in [0.5, 0.6) is 0 Å². The number of H-pyrrole nitrogens is 1. The van der Waals surface area contributed by atoms with Crippen molar-refractivity contribution in [3.63, 3.8) is 0 Å². The minimum Gasteiger partial charge on any atom is -0.359 e. The van der Waals surface area contributed by atoms with E-state index in [1.807, 2.05) is 0 Å². The van der Waals surface area contributed by atoms with E-state index in [0.29, 0.717) is 10.7 Å². The maximum atomic E-state index is 12.0. The molecule has 1 aliphatic carbocycles. The first-order valence-corrected chi connectivity index (χ1v) is 6.86. The van der Waals surface area contributed by atoms with E-state index in [1.54, 1.807) is 19.3 Å². The average molecular weight is 284 g/mol. The predicted molar refractivity (Wildman–Crippen MR) is 73.1 cm³/mol. The topological polar surface area (TPSA) is 74.0 Å². The maximum absolute atomic E-state index is 12.0. The highest BCUT2D eigenvalue weighted by Gasteiger charge is 2.31. The molecule has 0 aromatic carbocycles. The van der Waals surface area contributed by atoms with Crippen molar-refractivity contribution < 1.29 is 9.59 Å². The van der Waals surface area contributed by atoms with Gasteiger partial charge in [-0.25, -0.2) is 0 Å². The molecule has 2 rings (SSSR count). The number of hydrogen-bond donors (Lipinski definition) is 3. The fraction of sp³-hybridized carbons (Fsp3) is 0.538. The van der Waals surface area contributed by atoms with Crippen LogP contribution < -0.4 is 10.6 Å². The smallest absolute Gasteiger partial charge is 0.267 e. The van der Waals surface area contributed by atoms with Gasteiger partial charge >= 0.3 is 0 Å². The van der Waals surface area contributed by atoms with Crippen LogP contribution >= 0.6 is 11.6 Å². The van der Waals surface area contributed by atoms with Gasteiger partial charge in [-0.15, -0.1) is 0 Å². The monoisotopic (exact) mass is 283 g/mol. The van der Waals surface area contributed by atoms with E-state index in [-0.39, 0.29) is 23.8 Å². The largest absolute Gasteiger partial charge is 0.359 e. The first kappa shape index (κ1) is 13.9. The third-order valence-electron chi connectivity index (χ3n) is 3.56. The first-order valence-electron chi connectivity index (χ1n) is 6.48. The Balaban J connectivity index is 2.03. The number of hydrogen-bond acceptors (Lipinski definition) is 2. The Kier molecular flexibility index (Phi) is 4.47. The van der Waals surface area contributed by atoms with E-state index >= 15 is 0 Å². The number of carbonyl (C=O) groups excluding carboxylic acids is 2. The van der Waals surface area contributed by atoms with Crippen molar-refractivity contribution >= 4 is 23.4 Å². The molecule has 1 heterocycles. The van der Waals surface area contributed by atoms with Gasteiger partial charge in [0.15, 0.2) is 0 Å². The van der Waals surface area contributed by atoms with Crippen LogP contribution in [0.2, 0.25) is 5.02 Å². The SMILES string of the molecule is CNC(=O)C1CCCCC1NC(=O)c1cc(Cl)c[nH]1. The second kappa shape index (κ2) is 6.10. The molecule has 104 valence electrons. The predicted octanol–water partition coefficient (Wildman–Crippen LogP) is 1.70. The fourth-order valence-corrected chi connectivity index (χ4v) is 2.71. The van der Waals surface area contributed by atoms with Crippen molar-refractivity contribution in [1.82, 2.24) is 15.6 Å². The summed E-state index contributed by atoms with van der Waals surface area (Å²) in [5.41, 5.74) is 0.422. The third kappa shape index (κ3) is 3.29. The van der Waals surface area contributed by atoms with Crippen molar-refractivity contribution in [2.24, 2.45) is 5.92 Å². The van der Waals surface area contributed by atoms with E-state index in [0.717, 1.165) is 25.7 Å². The summed E-state index contributed by atoms with van der Waals surface area (Å²) in [6.07, 6.45) is 5.27. The number of rotatable bonds is 3. The summed E-state index contributed by atoms with van der Waals surface area (Å²) in [5, 5.41) is 6.08. The van der Waals surface area contributed by atoms with Crippen molar-refractivity contribution in [2.75, 3.05) is 7.05 Å². The van der Waals surface area contributed by atoms with Crippen LogP contribution in [0.1, 0.15) is 36.2 Å². The molecule has 1 fully saturated rings. The highest BCUT2D eigenvalue weighted by atomic mass is 35.5. The summed E-state index contributed by atoms with van der Waals surface area (Å²) in [6, 6.07) is 1.47. The summed E-state index contributed by atoms with van der Waals surface area (Å²) in [7, 11) is 1.63. The minimum atomic E-state index is -0.215. The van der Waals surface area contributed by atoms with E-state index in [9.17, 15) is 9.59 Å². The number of aromatic amines is 1. The number of carbonyl (C=O) groups is 2. The van der Waals surface area contributed by atoms with Gasteiger partial charge in [0.05, 0.1) is 10.9 Å². The Morgan fingerprint density at radius 1 is 1.37 bits per heavy atom. The molecule has 1 aromatic rings. The summed E-state index contributed by atoms with van der Waals surface area (Å²) in [4.78, 5) is 26.7. The number of nitrogens with one attached hydrogen (secondary N) is 3. The van der Waals surface area contributed by atoms with Crippen LogP contribution in [0.3, 0.4) is 0 Å². The number of halogens is 1. The highest BCUT2D eigenvalue weighted by Crippen LogP contribution is 2.25. The molecule has 2 unspecified atom stereocenters. The van der Waals surface area contributed by atoms with Gasteiger partial charge in [-0.1, -0.05) is 24.4 Å². The molecule has 1 saturated carbocycles. The van der Waals surface area contributed by atoms with Crippen LogP contribution in [0.15, 0.2) is 12.3 Å². The molecule has 5 nitrogen and oxygen atoms in total. The van der Waals surface area contributed by atoms with Crippen molar-refractivity contribution in [2.45, 2.75) is 31.7 Å². The van der Waals surface area contributed by atoms with Gasteiger partial charge in [0, 0.05) is 19.3 Å². The molecule has 2 atom stereocenters. The normalized spacial score (nSPS) is 22.8. The Morgan fingerprint density at radius 3 is 2.74 bits per heavy atom. The molecule has 1 aromatic heterocycles. The zero-order chi connectivity index (χ0) is 13.8. The van der Waals surface area contributed by atoms with Gasteiger partial charge in [0.25, 0.3) is 5.91 Å². The second-order valence-electron chi connectivity index (χ2n) is 4.82. The van der Waals surface area contributed by atoms with Gasteiger partial charge in [0.1, 0.15) is 5.69 Å². The van der Waals surface area contributed by atoms with E-state index < -0.39 is 0 Å². The molecular weight excluding hydrogens is 266 g/mol. The summed E-state index contributed by atoms with van der Waals surface area (Å²) in [5.74, 6) is -0.365. The lowest BCUT2D eigenvalue weighted by atomic mass is 9.84. The van der Waals surface area contributed by atoms with E-state index in [2.05, 4.69) is 15.6 Å². The maximum Gasteiger partial charge on any atom is 0.267 e. The van der Waals surface area contributed by atoms with Crippen LogP contribution in [0.4, 0.5) is 0 Å². The van der Waals surface area contributed by atoms with Gasteiger partial charge in [-0.2, -0.15) is 0 Å². The Labute approximate surface area is 117 Å². The lowest BCUT2D eigenvalue weighted by Gasteiger charge is -2.30. The van der Waals surface area contributed by atoms with Crippen LogP contribution in [0, 0.1) is 5.92 Å². The fourth-order valence-electron chi connectivity index (χ4n) is 2.55. The average Bonchev–Trinajstić information content (AvgIpc) is 2.85. The summed E-state index contributed by atoms with van der Waals surface area (Å²) in [6.45, 7) is 0. The van der Waals surface area contributed by atoms with Crippen molar-refractivity contribution in [3.05, 3.63) is 23.0 Å². The molecule has 0 saturated heterocycles. The molecule has 6 heteroatoms. The van der Waals surface area contributed by atoms with E-state index in [4.69, 9.17) is 11.6 Å². The zero-order valence-corrected chi connectivity index (χ0v) is 11.6. The second-order valence-corrected chi connectivity index (χ2v) is 5.25. The van der Waals surface area contributed by atoms with Gasteiger partial charge in [0.2, 0.25) is 5.91 Å². The Hall–Kier alpha value is -1.49. The van der Waals surface area contributed by atoms with Crippen molar-refractivity contribution in [1.29, 1.82) is 0 Å². The van der Waals surface area contributed by atoms with Gasteiger partial charge < -0.3 is 15.6 Å². The van der Waals surface area contributed by atoms with Crippen molar-refractivity contribution in [3.8, 4) is 0 Å². The molecule has 0 radical (unpaired) electrons. The standard InChI is InChI=1S/C13H18ClN3O2/c1-15-12(18)9-4-2-3-5-10(9)17-13(19)11-6-8(14)7-16-11/h6-7,9-10,16H,2-5H2,1H3,(H,15,18)(H,17,19). The third-order valence-corrected chi connectivity index (χ3v) is 3.78. The first-order chi connectivity index (χ1) is 9.11. The molecule has 2 amide bonds. The number of amides is 2.